The van der Waals surface area contributed by atoms with E-state index in [-0.39, 0.29) is 5.82 Å². The number of rotatable bonds is 3. The highest BCUT2D eigenvalue weighted by Crippen LogP contribution is 2.07. The summed E-state index contributed by atoms with van der Waals surface area (Å²) in [7, 11) is 1.85. The number of aryl methyl sites for hydroxylation is 1. The molecule has 1 N–H and O–H groups in total. The molecule has 3 rings (SSSR count). The Morgan fingerprint density at radius 1 is 1.39 bits per heavy atom. The Morgan fingerprint density at radius 2 is 2.28 bits per heavy atom. The van der Waals surface area contributed by atoms with Crippen LogP contribution in [0.3, 0.4) is 0 Å². The molecule has 0 saturated heterocycles. The smallest absolute Gasteiger partial charge is 0.243 e. The molecule has 0 saturated carbocycles. The predicted molar refractivity (Wildman–Crippen MR) is 61.3 cm³/mol. The van der Waals surface area contributed by atoms with Crippen molar-refractivity contribution >= 4 is 11.6 Å². The number of nitrogens with zero attached hydrogens (tertiary/aromatic N) is 6. The zero-order valence-corrected chi connectivity index (χ0v) is 9.58. The van der Waals surface area contributed by atoms with E-state index in [0.717, 1.165) is 5.82 Å². The minimum absolute atomic E-state index is 0.354. The van der Waals surface area contributed by atoms with Gasteiger partial charge in [-0.15, -0.1) is 15.3 Å². The molecule has 3 heterocycles. The maximum absolute atomic E-state index is 13.0. The van der Waals surface area contributed by atoms with Crippen molar-refractivity contribution in [1.82, 2.24) is 29.4 Å². The van der Waals surface area contributed by atoms with E-state index < -0.39 is 0 Å². The number of fused-ring (bicyclic) bond motifs is 1. The maximum Gasteiger partial charge on any atom is 0.243 e. The summed E-state index contributed by atoms with van der Waals surface area (Å²) < 4.78 is 16.2. The van der Waals surface area contributed by atoms with Crippen LogP contribution < -0.4 is 5.32 Å². The van der Waals surface area contributed by atoms with E-state index in [0.29, 0.717) is 18.1 Å². The first-order valence-electron chi connectivity index (χ1n) is 5.31. The number of anilines is 1. The third-order valence-corrected chi connectivity index (χ3v) is 2.50. The van der Waals surface area contributed by atoms with Crippen molar-refractivity contribution < 1.29 is 4.39 Å². The number of aromatic nitrogens is 6. The predicted octanol–water partition coefficient (Wildman–Crippen LogP) is 0.609. The van der Waals surface area contributed by atoms with Crippen molar-refractivity contribution in [2.45, 2.75) is 6.54 Å². The summed E-state index contributed by atoms with van der Waals surface area (Å²) in [6.07, 6.45) is 2.89. The van der Waals surface area contributed by atoms with Gasteiger partial charge in [0.25, 0.3) is 0 Å². The van der Waals surface area contributed by atoms with E-state index in [1.807, 2.05) is 7.05 Å². The Kier molecular flexibility index (Phi) is 2.40. The Hall–Kier alpha value is -2.51. The van der Waals surface area contributed by atoms with Gasteiger partial charge in [-0.05, 0) is 12.1 Å². The molecule has 92 valence electrons. The van der Waals surface area contributed by atoms with Crippen LogP contribution in [0.5, 0.6) is 0 Å². The van der Waals surface area contributed by atoms with E-state index in [1.165, 1.54) is 16.8 Å². The molecule has 0 aromatic carbocycles. The molecule has 7 nitrogen and oxygen atoms in total. The Labute approximate surface area is 101 Å². The molecule has 8 heteroatoms. The number of nitrogens with one attached hydrogen (secondary N) is 1. The molecule has 0 spiro atoms. The van der Waals surface area contributed by atoms with E-state index in [9.17, 15) is 4.39 Å². The van der Waals surface area contributed by atoms with Gasteiger partial charge in [0.1, 0.15) is 12.1 Å². The Bertz CT molecular complexity index is 686. The van der Waals surface area contributed by atoms with Gasteiger partial charge in [-0.25, -0.2) is 8.91 Å². The normalized spacial score (nSPS) is 11.0. The summed E-state index contributed by atoms with van der Waals surface area (Å²) in [6, 6.07) is 2.91. The second kappa shape index (κ2) is 4.06. The molecule has 0 aliphatic rings. The largest absolute Gasteiger partial charge is 0.346 e. The summed E-state index contributed by atoms with van der Waals surface area (Å²) in [5.41, 5.74) is 0.580. The molecular weight excluding hydrogens is 237 g/mol. The molecule has 0 unspecified atom stereocenters. The fourth-order valence-electron chi connectivity index (χ4n) is 1.56. The van der Waals surface area contributed by atoms with Crippen molar-refractivity contribution in [3.63, 3.8) is 0 Å². The highest BCUT2D eigenvalue weighted by Gasteiger charge is 2.05. The molecule has 0 fully saturated rings. The lowest BCUT2D eigenvalue weighted by atomic mass is 10.5. The number of halogens is 1. The quantitative estimate of drug-likeness (QED) is 0.734. The average molecular weight is 247 g/mol. The number of pyridine rings is 1. The van der Waals surface area contributed by atoms with Gasteiger partial charge in [-0.3, -0.25) is 0 Å². The van der Waals surface area contributed by atoms with Crippen LogP contribution >= 0.6 is 0 Å². The van der Waals surface area contributed by atoms with Crippen LogP contribution in [0.25, 0.3) is 5.65 Å². The van der Waals surface area contributed by atoms with Gasteiger partial charge in [-0.2, -0.15) is 4.98 Å². The highest BCUT2D eigenvalue weighted by atomic mass is 19.1. The summed E-state index contributed by atoms with van der Waals surface area (Å²) in [5, 5.41) is 14.8. The second-order valence-electron chi connectivity index (χ2n) is 3.80. The van der Waals surface area contributed by atoms with Crippen molar-refractivity contribution in [1.29, 1.82) is 0 Å². The van der Waals surface area contributed by atoms with Crippen molar-refractivity contribution in [2.75, 3.05) is 5.32 Å². The van der Waals surface area contributed by atoms with Gasteiger partial charge < -0.3 is 9.88 Å². The molecule has 0 bridgehead atoms. The standard InChI is InChI=1S/C10H10FN7/c1-17-6-13-15-9(17)4-12-10-14-8-3-2-7(11)5-18(8)16-10/h2-3,5-6H,4H2,1H3,(H,12,16). The lowest BCUT2D eigenvalue weighted by Crippen LogP contribution is -2.06. The van der Waals surface area contributed by atoms with Gasteiger partial charge >= 0.3 is 0 Å². The van der Waals surface area contributed by atoms with Crippen LogP contribution in [0.1, 0.15) is 5.82 Å². The van der Waals surface area contributed by atoms with Gasteiger partial charge in [0, 0.05) is 7.05 Å². The van der Waals surface area contributed by atoms with Crippen LogP contribution in [0.4, 0.5) is 10.3 Å². The second-order valence-corrected chi connectivity index (χ2v) is 3.80. The van der Waals surface area contributed by atoms with Gasteiger partial charge in [0.05, 0.1) is 12.7 Å². The first-order valence-corrected chi connectivity index (χ1v) is 5.31. The van der Waals surface area contributed by atoms with Gasteiger partial charge in [-0.1, -0.05) is 0 Å². The first-order chi connectivity index (χ1) is 8.72. The zero-order chi connectivity index (χ0) is 12.5. The van der Waals surface area contributed by atoms with Crippen LogP contribution in [-0.2, 0) is 13.6 Å². The van der Waals surface area contributed by atoms with Crippen molar-refractivity contribution in [3.8, 4) is 0 Å². The minimum Gasteiger partial charge on any atom is -0.346 e. The molecule has 3 aromatic heterocycles. The van der Waals surface area contributed by atoms with Crippen LogP contribution in [-0.4, -0.2) is 29.4 Å². The lowest BCUT2D eigenvalue weighted by molar-refractivity contribution is 0.614. The highest BCUT2D eigenvalue weighted by molar-refractivity contribution is 5.43. The maximum atomic E-state index is 13.0. The SMILES string of the molecule is Cn1cnnc1CNc1nc2ccc(F)cn2n1. The summed E-state index contributed by atoms with van der Waals surface area (Å²) in [4.78, 5) is 4.20. The topological polar surface area (TPSA) is 72.9 Å². The van der Waals surface area contributed by atoms with Crippen LogP contribution in [0.2, 0.25) is 0 Å². The molecule has 0 radical (unpaired) electrons. The van der Waals surface area contributed by atoms with Crippen LogP contribution in [0, 0.1) is 5.82 Å². The number of hydrogen-bond donors (Lipinski definition) is 1. The monoisotopic (exact) mass is 247 g/mol. The van der Waals surface area contributed by atoms with Crippen molar-refractivity contribution in [2.24, 2.45) is 7.05 Å². The molecular formula is C10H10FN7. The summed E-state index contributed by atoms with van der Waals surface area (Å²) >= 11 is 0. The molecule has 0 aliphatic carbocycles. The Balaban J connectivity index is 1.81. The van der Waals surface area contributed by atoms with Gasteiger partial charge in [0.2, 0.25) is 5.95 Å². The average Bonchev–Trinajstić information content (AvgIpc) is 2.92. The molecule has 18 heavy (non-hydrogen) atoms. The summed E-state index contributed by atoms with van der Waals surface area (Å²) in [5.74, 6) is 0.830. The molecule has 0 aliphatic heterocycles. The molecule has 0 atom stereocenters. The fraction of sp³-hybridized carbons (Fsp3) is 0.200. The fourth-order valence-corrected chi connectivity index (χ4v) is 1.56. The Morgan fingerprint density at radius 3 is 3.06 bits per heavy atom. The first kappa shape index (κ1) is 10.6. The van der Waals surface area contributed by atoms with Crippen molar-refractivity contribution in [3.05, 3.63) is 36.3 Å². The third-order valence-electron chi connectivity index (χ3n) is 2.50. The van der Waals surface area contributed by atoms with E-state index in [4.69, 9.17) is 0 Å². The van der Waals surface area contributed by atoms with E-state index in [1.54, 1.807) is 17.0 Å². The molecule has 3 aromatic rings. The van der Waals surface area contributed by atoms with Gasteiger partial charge in [0.15, 0.2) is 11.5 Å². The zero-order valence-electron chi connectivity index (χ0n) is 9.58. The summed E-state index contributed by atoms with van der Waals surface area (Å²) in [6.45, 7) is 0.454. The van der Waals surface area contributed by atoms with E-state index in [2.05, 4.69) is 25.6 Å². The number of hydrogen-bond acceptors (Lipinski definition) is 5. The lowest BCUT2D eigenvalue weighted by Gasteiger charge is -1.99. The minimum atomic E-state index is -0.354. The van der Waals surface area contributed by atoms with E-state index >= 15 is 0 Å². The molecule has 0 amide bonds. The third kappa shape index (κ3) is 1.88. The van der Waals surface area contributed by atoms with Crippen LogP contribution in [0.15, 0.2) is 24.7 Å².